The fourth-order valence-corrected chi connectivity index (χ4v) is 5.12. The lowest BCUT2D eigenvalue weighted by molar-refractivity contribution is 0.116. The summed E-state index contributed by atoms with van der Waals surface area (Å²) in [7, 11) is 6.37. The number of rotatable bonds is 2. The van der Waals surface area contributed by atoms with Crippen molar-refractivity contribution in [2.24, 2.45) is 4.99 Å². The molecule has 2 aliphatic heterocycles. The number of nitrogens with zero attached hydrogens (tertiary/aromatic N) is 4. The third-order valence-electron chi connectivity index (χ3n) is 6.73. The van der Waals surface area contributed by atoms with Gasteiger partial charge in [0.15, 0.2) is 5.96 Å². The molecule has 3 aliphatic rings. The van der Waals surface area contributed by atoms with Gasteiger partial charge in [-0.05, 0) is 38.6 Å². The normalized spacial score (nSPS) is 26.5. The molecule has 4 rings (SSSR count). The summed E-state index contributed by atoms with van der Waals surface area (Å²) in [6, 6.07) is 9.51. The van der Waals surface area contributed by atoms with E-state index in [9.17, 15) is 0 Å². The van der Waals surface area contributed by atoms with Crippen LogP contribution in [0.1, 0.15) is 31.2 Å². The number of likely N-dealkylation sites (N-methyl/N-ethyl adjacent to an activating group) is 2. The third kappa shape index (κ3) is 3.12. The molecular formula is C21H33N5. The second-order valence-corrected chi connectivity index (χ2v) is 8.42. The number of anilines is 1. The number of piperazine rings is 1. The van der Waals surface area contributed by atoms with Crippen LogP contribution in [0.3, 0.4) is 0 Å². The van der Waals surface area contributed by atoms with Crippen LogP contribution in [0.25, 0.3) is 0 Å². The van der Waals surface area contributed by atoms with Gasteiger partial charge in [-0.3, -0.25) is 9.89 Å². The second kappa shape index (κ2) is 7.20. The molecule has 0 bridgehead atoms. The highest BCUT2D eigenvalue weighted by molar-refractivity contribution is 5.98. The van der Waals surface area contributed by atoms with E-state index in [0.717, 1.165) is 38.7 Å². The zero-order chi connectivity index (χ0) is 18.1. The van der Waals surface area contributed by atoms with Gasteiger partial charge >= 0.3 is 0 Å². The Bertz CT molecular complexity index is 664. The Labute approximate surface area is 158 Å². The van der Waals surface area contributed by atoms with Crippen LogP contribution >= 0.6 is 0 Å². The summed E-state index contributed by atoms with van der Waals surface area (Å²) >= 11 is 0. The molecule has 2 fully saturated rings. The first-order valence-electron chi connectivity index (χ1n) is 10.1. The highest BCUT2D eigenvalue weighted by Gasteiger charge is 2.45. The molecule has 1 saturated heterocycles. The maximum atomic E-state index is 4.65. The smallest absolute Gasteiger partial charge is 0.198 e. The molecule has 1 aliphatic carbocycles. The van der Waals surface area contributed by atoms with E-state index in [1.165, 1.54) is 36.9 Å². The van der Waals surface area contributed by atoms with Crippen molar-refractivity contribution < 1.29 is 0 Å². The lowest BCUT2D eigenvalue weighted by Gasteiger charge is -2.38. The average molecular weight is 356 g/mol. The Balaban J connectivity index is 1.51. The highest BCUT2D eigenvalue weighted by atomic mass is 15.3. The molecule has 1 aromatic rings. The van der Waals surface area contributed by atoms with Gasteiger partial charge in [0.05, 0.1) is 0 Å². The zero-order valence-electron chi connectivity index (χ0n) is 16.5. The Morgan fingerprint density at radius 1 is 1.19 bits per heavy atom. The van der Waals surface area contributed by atoms with Gasteiger partial charge in [0, 0.05) is 56.9 Å². The number of aliphatic imine (C=N–C) groups is 1. The van der Waals surface area contributed by atoms with Gasteiger partial charge in [0.25, 0.3) is 0 Å². The van der Waals surface area contributed by atoms with Crippen LogP contribution in [-0.2, 0) is 5.41 Å². The van der Waals surface area contributed by atoms with Crippen LogP contribution in [0.4, 0.5) is 5.69 Å². The number of benzene rings is 1. The van der Waals surface area contributed by atoms with Crippen molar-refractivity contribution in [1.82, 2.24) is 15.1 Å². The Kier molecular flexibility index (Phi) is 4.93. The Morgan fingerprint density at radius 3 is 2.73 bits per heavy atom. The molecule has 2 heterocycles. The molecule has 26 heavy (non-hydrogen) atoms. The van der Waals surface area contributed by atoms with Gasteiger partial charge in [-0.25, -0.2) is 0 Å². The molecule has 1 aromatic carbocycles. The number of guanidine groups is 1. The molecule has 1 saturated carbocycles. The maximum Gasteiger partial charge on any atom is 0.198 e. The van der Waals surface area contributed by atoms with Crippen molar-refractivity contribution in [3.63, 3.8) is 0 Å². The summed E-state index contributed by atoms with van der Waals surface area (Å²) in [4.78, 5) is 12.0. The summed E-state index contributed by atoms with van der Waals surface area (Å²) in [5.74, 6) is 1.03. The van der Waals surface area contributed by atoms with Crippen LogP contribution in [0.2, 0.25) is 0 Å². The van der Waals surface area contributed by atoms with E-state index in [-0.39, 0.29) is 0 Å². The fourth-order valence-electron chi connectivity index (χ4n) is 5.12. The molecule has 142 valence electrons. The molecule has 0 radical (unpaired) electrons. The minimum atomic E-state index is 0.343. The summed E-state index contributed by atoms with van der Waals surface area (Å²) in [5, 5.41) is 3.69. The van der Waals surface area contributed by atoms with Crippen molar-refractivity contribution in [3.8, 4) is 0 Å². The quantitative estimate of drug-likeness (QED) is 0.651. The summed E-state index contributed by atoms with van der Waals surface area (Å²) < 4.78 is 0. The zero-order valence-corrected chi connectivity index (χ0v) is 16.5. The Morgan fingerprint density at radius 2 is 1.96 bits per heavy atom. The lowest BCUT2D eigenvalue weighted by atomic mass is 9.81. The van der Waals surface area contributed by atoms with Gasteiger partial charge in [-0.1, -0.05) is 31.0 Å². The van der Waals surface area contributed by atoms with E-state index in [4.69, 9.17) is 0 Å². The van der Waals surface area contributed by atoms with E-state index < -0.39 is 0 Å². The van der Waals surface area contributed by atoms with Crippen LogP contribution in [0.15, 0.2) is 29.3 Å². The van der Waals surface area contributed by atoms with Gasteiger partial charge < -0.3 is 15.1 Å². The van der Waals surface area contributed by atoms with Crippen molar-refractivity contribution in [3.05, 3.63) is 29.8 Å². The topological polar surface area (TPSA) is 34.1 Å². The standard InChI is InChI=1S/C21H33N5/c1-22-20(23-14-17-15-24(2)12-13-25(17)3)26-16-21(10-6-7-11-21)18-8-4-5-9-19(18)26/h4-5,8-9,17H,6-7,10-16H2,1-3H3,(H,22,23). The molecule has 5 nitrogen and oxygen atoms in total. The highest BCUT2D eigenvalue weighted by Crippen LogP contribution is 2.50. The number of para-hydroxylation sites is 1. The first-order valence-corrected chi connectivity index (χ1v) is 10.1. The molecular weight excluding hydrogens is 322 g/mol. The predicted octanol–water partition coefficient (Wildman–Crippen LogP) is 2.14. The summed E-state index contributed by atoms with van der Waals surface area (Å²) in [6.07, 6.45) is 5.34. The van der Waals surface area contributed by atoms with Gasteiger partial charge in [-0.2, -0.15) is 0 Å². The first-order chi connectivity index (χ1) is 12.6. The van der Waals surface area contributed by atoms with E-state index in [1.807, 2.05) is 7.05 Å². The summed E-state index contributed by atoms with van der Waals surface area (Å²) in [6.45, 7) is 5.42. The number of nitrogens with one attached hydrogen (secondary N) is 1. The maximum absolute atomic E-state index is 4.65. The van der Waals surface area contributed by atoms with E-state index >= 15 is 0 Å². The monoisotopic (exact) mass is 355 g/mol. The second-order valence-electron chi connectivity index (χ2n) is 8.42. The number of hydrogen-bond donors (Lipinski definition) is 1. The molecule has 1 N–H and O–H groups in total. The minimum Gasteiger partial charge on any atom is -0.354 e. The van der Waals surface area contributed by atoms with Crippen LogP contribution in [0, 0.1) is 0 Å². The van der Waals surface area contributed by atoms with E-state index in [1.54, 1.807) is 0 Å². The summed E-state index contributed by atoms with van der Waals surface area (Å²) in [5.41, 5.74) is 3.24. The van der Waals surface area contributed by atoms with Crippen LogP contribution < -0.4 is 10.2 Å². The molecule has 0 aromatic heterocycles. The van der Waals surface area contributed by atoms with Crippen LogP contribution in [-0.4, -0.2) is 75.7 Å². The molecule has 0 amide bonds. The van der Waals surface area contributed by atoms with E-state index in [0.29, 0.717) is 11.5 Å². The minimum absolute atomic E-state index is 0.343. The third-order valence-corrected chi connectivity index (χ3v) is 6.73. The molecule has 1 atom stereocenters. The molecule has 1 spiro atoms. The van der Waals surface area contributed by atoms with Crippen LogP contribution in [0.5, 0.6) is 0 Å². The van der Waals surface area contributed by atoms with Crippen molar-refractivity contribution in [2.75, 3.05) is 58.8 Å². The fraction of sp³-hybridized carbons (Fsp3) is 0.667. The van der Waals surface area contributed by atoms with Crippen molar-refractivity contribution in [1.29, 1.82) is 0 Å². The van der Waals surface area contributed by atoms with Gasteiger partial charge in [-0.15, -0.1) is 0 Å². The number of fused-ring (bicyclic) bond motifs is 2. The van der Waals surface area contributed by atoms with Crippen molar-refractivity contribution in [2.45, 2.75) is 37.1 Å². The van der Waals surface area contributed by atoms with Crippen molar-refractivity contribution >= 4 is 11.6 Å². The predicted molar refractivity (Wildman–Crippen MR) is 109 cm³/mol. The van der Waals surface area contributed by atoms with Gasteiger partial charge in [0.1, 0.15) is 0 Å². The van der Waals surface area contributed by atoms with E-state index in [2.05, 4.69) is 63.4 Å². The Hall–Kier alpha value is -1.59. The lowest BCUT2D eigenvalue weighted by Crippen LogP contribution is -2.56. The average Bonchev–Trinajstić information content (AvgIpc) is 3.25. The number of hydrogen-bond acceptors (Lipinski definition) is 3. The SMILES string of the molecule is CN=C(NCC1CN(C)CCN1C)N1CC2(CCCC2)c2ccccc21. The largest absolute Gasteiger partial charge is 0.354 e. The molecule has 5 heteroatoms. The van der Waals surface area contributed by atoms with Gasteiger partial charge in [0.2, 0.25) is 0 Å². The first kappa shape index (κ1) is 17.8. The molecule has 1 unspecified atom stereocenters.